The zero-order chi connectivity index (χ0) is 24.2. The van der Waals surface area contributed by atoms with E-state index in [4.69, 9.17) is 0 Å². The molecule has 0 aliphatic rings. The Bertz CT molecular complexity index is 1220. The maximum Gasteiger partial charge on any atom is 2.00 e. The van der Waals surface area contributed by atoms with Gasteiger partial charge in [0.05, 0.1) is 0 Å². The van der Waals surface area contributed by atoms with Gasteiger partial charge in [0.1, 0.15) is 0 Å². The average Bonchev–Trinajstić information content (AvgIpc) is 3.76. The van der Waals surface area contributed by atoms with E-state index in [9.17, 15) is 4.79 Å². The molecule has 0 N–H and O–H groups in total. The third-order valence-corrected chi connectivity index (χ3v) is 5.89. The molecule has 6 aromatic rings. The quantitative estimate of drug-likeness (QED) is 0.117. The predicted octanol–water partition coefficient (Wildman–Crippen LogP) is 8.15. The SMILES string of the molecule is O=C(c1ccccc1)C(c1ccccc1)([c-]1cccc1)[c-]1cccc1.[Fe+2].[Fe+2].c1cc[cH-]c1.c1cc[cH-]c1. The van der Waals surface area contributed by atoms with Crippen LogP contribution in [0.25, 0.3) is 0 Å². The van der Waals surface area contributed by atoms with Gasteiger partial charge in [-0.15, -0.1) is 11.1 Å². The van der Waals surface area contributed by atoms with Crippen LogP contribution < -0.4 is 0 Å². The number of rotatable bonds is 5. The van der Waals surface area contributed by atoms with E-state index in [1.807, 2.05) is 170 Å². The third-order valence-electron chi connectivity index (χ3n) is 5.89. The van der Waals surface area contributed by atoms with Crippen molar-refractivity contribution in [3.63, 3.8) is 0 Å². The Labute approximate surface area is 241 Å². The largest absolute Gasteiger partial charge is 2.00 e. The van der Waals surface area contributed by atoms with Crippen LogP contribution in [0, 0.1) is 0 Å². The summed E-state index contributed by atoms with van der Waals surface area (Å²) in [6.45, 7) is 0. The molecule has 0 aromatic heterocycles. The fourth-order valence-electron chi connectivity index (χ4n) is 4.28. The molecule has 0 atom stereocenters. The molecule has 0 radical (unpaired) electrons. The number of hydrogen-bond donors (Lipinski definition) is 0. The summed E-state index contributed by atoms with van der Waals surface area (Å²) in [6, 6.07) is 55.8. The van der Waals surface area contributed by atoms with Gasteiger partial charge in [0.2, 0.25) is 0 Å². The summed E-state index contributed by atoms with van der Waals surface area (Å²) in [5, 5.41) is 0. The van der Waals surface area contributed by atoms with E-state index in [0.717, 1.165) is 16.7 Å². The second-order valence-electron chi connectivity index (χ2n) is 8.08. The monoisotopic (exact) mass is 564 g/mol. The van der Waals surface area contributed by atoms with E-state index in [2.05, 4.69) is 0 Å². The van der Waals surface area contributed by atoms with Gasteiger partial charge in [0.25, 0.3) is 0 Å². The Balaban J connectivity index is 0.000000335. The second kappa shape index (κ2) is 15.6. The van der Waals surface area contributed by atoms with Crippen molar-refractivity contribution >= 4 is 5.78 Å². The molecule has 0 bridgehead atoms. The molecule has 0 saturated heterocycles. The van der Waals surface area contributed by atoms with Crippen LogP contribution in [0.15, 0.2) is 170 Å². The van der Waals surface area contributed by atoms with Crippen molar-refractivity contribution in [3.8, 4) is 0 Å². The number of hydrogen-bond acceptors (Lipinski definition) is 1. The second-order valence-corrected chi connectivity index (χ2v) is 8.08. The first-order valence-electron chi connectivity index (χ1n) is 11.8. The molecule has 0 heterocycles. The maximum atomic E-state index is 13.9. The van der Waals surface area contributed by atoms with Crippen molar-refractivity contribution in [2.75, 3.05) is 0 Å². The molecule has 0 saturated carbocycles. The van der Waals surface area contributed by atoms with Crippen molar-refractivity contribution in [2.24, 2.45) is 0 Å². The van der Waals surface area contributed by atoms with Gasteiger partial charge in [0.15, 0.2) is 5.78 Å². The van der Waals surface area contributed by atoms with Crippen molar-refractivity contribution in [1.82, 2.24) is 0 Å². The summed E-state index contributed by atoms with van der Waals surface area (Å²) >= 11 is 0. The summed E-state index contributed by atoms with van der Waals surface area (Å²) in [4.78, 5) is 13.9. The van der Waals surface area contributed by atoms with Gasteiger partial charge in [0, 0.05) is 11.0 Å². The minimum absolute atomic E-state index is 0. The zero-order valence-corrected chi connectivity index (χ0v) is 22.5. The van der Waals surface area contributed by atoms with Crippen LogP contribution in [0.3, 0.4) is 0 Å². The fourth-order valence-corrected chi connectivity index (χ4v) is 4.28. The minimum Gasteiger partial charge on any atom is -0.295 e. The molecule has 0 fully saturated rings. The molecular formula is C34H28Fe2O. The molecular weight excluding hydrogens is 536 g/mol. The number of Topliss-reactive ketones (excluding diaryl/α,β-unsaturated/α-hetero) is 1. The molecule has 0 unspecified atom stereocenters. The van der Waals surface area contributed by atoms with Crippen LogP contribution in [0.2, 0.25) is 0 Å². The first-order valence-corrected chi connectivity index (χ1v) is 11.8. The van der Waals surface area contributed by atoms with E-state index in [1.165, 1.54) is 0 Å². The molecule has 37 heavy (non-hydrogen) atoms. The van der Waals surface area contributed by atoms with Gasteiger partial charge in [-0.3, -0.25) is 4.79 Å². The Morgan fingerprint density at radius 3 is 1.24 bits per heavy atom. The molecule has 6 aromatic carbocycles. The Hall–Kier alpha value is -3.45. The summed E-state index contributed by atoms with van der Waals surface area (Å²) < 4.78 is 0. The van der Waals surface area contributed by atoms with Crippen molar-refractivity contribution in [3.05, 3.63) is 192 Å². The molecule has 0 aliphatic heterocycles. The topological polar surface area (TPSA) is 17.1 Å². The number of ketones is 1. The standard InChI is InChI=1S/C24H18O.2C5H5.2Fe/c25-23(19-11-3-1-4-12-19)24(21-15-7-8-16-21,22-17-9-10-18-22)20-13-5-2-6-14-20;2*1-2-4-5-3-1;;/h1-18H;2*1-5H;;/q-2;2*-1;2*+2. The van der Waals surface area contributed by atoms with Gasteiger partial charge < -0.3 is 0 Å². The summed E-state index contributed by atoms with van der Waals surface area (Å²) in [6.07, 6.45) is 0. The molecule has 1 nitrogen and oxygen atoms in total. The van der Waals surface area contributed by atoms with E-state index in [0.29, 0.717) is 5.56 Å². The summed E-state index contributed by atoms with van der Waals surface area (Å²) in [5.74, 6) is 0.0942. The van der Waals surface area contributed by atoms with E-state index in [1.54, 1.807) is 0 Å². The first kappa shape index (κ1) is 29.8. The van der Waals surface area contributed by atoms with E-state index >= 15 is 0 Å². The summed E-state index contributed by atoms with van der Waals surface area (Å²) in [7, 11) is 0. The van der Waals surface area contributed by atoms with Crippen LogP contribution in [0.1, 0.15) is 27.0 Å². The molecule has 0 spiro atoms. The van der Waals surface area contributed by atoms with Gasteiger partial charge >= 0.3 is 34.1 Å². The van der Waals surface area contributed by atoms with Crippen LogP contribution in [0.4, 0.5) is 0 Å². The number of carbonyl (C=O) groups is 1. The summed E-state index contributed by atoms with van der Waals surface area (Å²) in [5.41, 5.74) is 2.86. The fraction of sp³-hybridized carbons (Fsp3) is 0.0294. The molecule has 3 heteroatoms. The van der Waals surface area contributed by atoms with Crippen LogP contribution in [0.5, 0.6) is 0 Å². The molecule has 0 amide bonds. The van der Waals surface area contributed by atoms with E-state index < -0.39 is 5.41 Å². The minimum atomic E-state index is -0.838. The van der Waals surface area contributed by atoms with Crippen molar-refractivity contribution in [2.45, 2.75) is 5.41 Å². The van der Waals surface area contributed by atoms with Crippen LogP contribution >= 0.6 is 0 Å². The zero-order valence-electron chi connectivity index (χ0n) is 20.3. The number of carbonyl (C=O) groups excluding carboxylic acids is 1. The van der Waals surface area contributed by atoms with Gasteiger partial charge in [-0.05, 0) is 5.56 Å². The average molecular weight is 564 g/mol. The van der Waals surface area contributed by atoms with E-state index in [-0.39, 0.29) is 39.9 Å². The third kappa shape index (κ3) is 7.29. The Morgan fingerprint density at radius 1 is 0.514 bits per heavy atom. The Kier molecular flexibility index (Phi) is 12.6. The first-order chi connectivity index (χ1) is 17.3. The maximum absolute atomic E-state index is 13.9. The Morgan fingerprint density at radius 2 is 0.892 bits per heavy atom. The van der Waals surface area contributed by atoms with Gasteiger partial charge in [-0.2, -0.15) is 60.7 Å². The predicted molar refractivity (Wildman–Crippen MR) is 145 cm³/mol. The molecule has 6 rings (SSSR count). The normalized spacial score (nSPS) is 9.84. The van der Waals surface area contributed by atoms with Gasteiger partial charge in [-0.1, -0.05) is 60.7 Å². The van der Waals surface area contributed by atoms with Crippen LogP contribution in [-0.2, 0) is 39.6 Å². The number of benzene rings is 2. The van der Waals surface area contributed by atoms with Crippen molar-refractivity contribution in [1.29, 1.82) is 0 Å². The molecule has 186 valence electrons. The molecule has 0 aliphatic carbocycles. The van der Waals surface area contributed by atoms with Crippen LogP contribution in [-0.4, -0.2) is 5.78 Å². The smallest absolute Gasteiger partial charge is 0.295 e. The van der Waals surface area contributed by atoms with Crippen molar-refractivity contribution < 1.29 is 38.9 Å². The van der Waals surface area contributed by atoms with Gasteiger partial charge in [-0.25, -0.2) is 48.5 Å².